The van der Waals surface area contributed by atoms with Crippen molar-refractivity contribution < 1.29 is 8.83 Å². The van der Waals surface area contributed by atoms with E-state index in [0.717, 1.165) is 60.8 Å². The second-order valence-electron chi connectivity index (χ2n) is 13.7. The molecule has 0 fully saturated rings. The zero-order valence-corrected chi connectivity index (χ0v) is 27.9. The molecule has 0 aliphatic heterocycles. The van der Waals surface area contributed by atoms with Gasteiger partial charge in [0, 0.05) is 60.5 Å². The summed E-state index contributed by atoms with van der Waals surface area (Å²) in [6.45, 7) is 0. The highest BCUT2D eigenvalue weighted by atomic mass is 16.3. The fraction of sp³-hybridized carbons (Fsp3) is 0. The molecule has 0 spiro atoms. The topological polar surface area (TPSA) is 36.1 Å². The summed E-state index contributed by atoms with van der Waals surface area (Å²) in [5.74, 6) is 0. The smallest absolute Gasteiger partial charge is 0.139 e. The quantitative estimate of drug-likeness (QED) is 0.188. The summed E-state index contributed by atoms with van der Waals surface area (Å²) in [7, 11) is 0. The Labute approximate surface area is 296 Å². The molecule has 0 atom stereocenters. The van der Waals surface area contributed by atoms with Gasteiger partial charge in [-0.05, 0) is 90.0 Å². The molecule has 0 amide bonds. The van der Waals surface area contributed by atoms with Crippen LogP contribution in [0.3, 0.4) is 0 Å². The van der Waals surface area contributed by atoms with Gasteiger partial charge in [-0.25, -0.2) is 0 Å². The van der Waals surface area contributed by atoms with Crippen molar-refractivity contribution >= 4 is 87.5 Å². The van der Waals surface area contributed by atoms with E-state index < -0.39 is 0 Å². The Morgan fingerprint density at radius 1 is 0.269 bits per heavy atom. The number of furan rings is 2. The first-order valence-corrected chi connectivity index (χ1v) is 17.7. The SMILES string of the molecule is c1ccc(-n2c3ccccc3c3cc(-c4ccc5oc6cc7oc8ccc(-n9c%10ccccc%10c%10ccccc%109)cc8c7cc6c5c4)ccc32)cc1. The van der Waals surface area contributed by atoms with Gasteiger partial charge in [-0.15, -0.1) is 0 Å². The van der Waals surface area contributed by atoms with Crippen molar-refractivity contribution in [1.29, 1.82) is 0 Å². The largest absolute Gasteiger partial charge is 0.456 e. The maximum atomic E-state index is 6.44. The number of aromatic nitrogens is 2. The number of benzene rings is 8. The number of rotatable bonds is 3. The first-order valence-electron chi connectivity index (χ1n) is 17.7. The van der Waals surface area contributed by atoms with Gasteiger partial charge in [0.15, 0.2) is 0 Å². The average Bonchev–Trinajstić information content (AvgIpc) is 3.94. The summed E-state index contributed by atoms with van der Waals surface area (Å²) >= 11 is 0. The monoisotopic (exact) mass is 664 g/mol. The standard InChI is InChI=1S/C48H28N2O2/c1-2-10-31(11-3-1)49-43-17-9-6-14-35(43)36-24-29(18-21-44(36)49)30-19-22-45-37(25-30)39-27-40-38-26-32(20-23-46(38)52-48(40)28-47(39)51-45)50-41-15-7-4-12-33(41)34-13-5-8-16-42(34)50/h1-28H. The van der Waals surface area contributed by atoms with Gasteiger partial charge in [-0.1, -0.05) is 84.9 Å². The summed E-state index contributed by atoms with van der Waals surface area (Å²) in [6, 6.07) is 60.7. The average molecular weight is 665 g/mol. The molecular weight excluding hydrogens is 637 g/mol. The van der Waals surface area contributed by atoms with E-state index >= 15 is 0 Å². The highest BCUT2D eigenvalue weighted by Gasteiger charge is 2.18. The van der Waals surface area contributed by atoms with Crippen LogP contribution in [0.5, 0.6) is 0 Å². The lowest BCUT2D eigenvalue weighted by Crippen LogP contribution is -1.93. The summed E-state index contributed by atoms with van der Waals surface area (Å²) < 4.78 is 17.6. The van der Waals surface area contributed by atoms with E-state index in [9.17, 15) is 0 Å². The van der Waals surface area contributed by atoms with Crippen molar-refractivity contribution in [2.24, 2.45) is 0 Å². The minimum Gasteiger partial charge on any atom is -0.456 e. The predicted molar refractivity (Wildman–Crippen MR) is 215 cm³/mol. The normalized spacial score (nSPS) is 12.2. The Hall–Kier alpha value is -7.04. The summed E-state index contributed by atoms with van der Waals surface area (Å²) in [5.41, 5.74) is 12.7. The minimum atomic E-state index is 0.821. The second-order valence-corrected chi connectivity index (χ2v) is 13.7. The fourth-order valence-electron chi connectivity index (χ4n) is 8.56. The molecule has 8 aromatic carbocycles. The molecule has 4 heteroatoms. The highest BCUT2D eigenvalue weighted by Crippen LogP contribution is 2.41. The molecule has 4 nitrogen and oxygen atoms in total. The maximum Gasteiger partial charge on any atom is 0.139 e. The molecule has 4 aromatic heterocycles. The molecule has 0 aliphatic rings. The van der Waals surface area contributed by atoms with Gasteiger partial charge < -0.3 is 18.0 Å². The molecule has 0 bridgehead atoms. The van der Waals surface area contributed by atoms with Crippen LogP contribution in [0.25, 0.3) is 110 Å². The van der Waals surface area contributed by atoms with Gasteiger partial charge in [0.05, 0.1) is 22.1 Å². The molecule has 52 heavy (non-hydrogen) atoms. The van der Waals surface area contributed by atoms with Gasteiger partial charge in [0.2, 0.25) is 0 Å². The van der Waals surface area contributed by atoms with E-state index in [2.05, 4.69) is 179 Å². The highest BCUT2D eigenvalue weighted by molar-refractivity contribution is 6.17. The molecular formula is C48H28N2O2. The zero-order valence-electron chi connectivity index (χ0n) is 27.9. The molecule has 12 rings (SSSR count). The Bertz CT molecular complexity index is 3360. The van der Waals surface area contributed by atoms with E-state index in [1.807, 2.05) is 0 Å². The second kappa shape index (κ2) is 10.3. The van der Waals surface area contributed by atoms with Gasteiger partial charge in [0.25, 0.3) is 0 Å². The maximum absolute atomic E-state index is 6.44. The van der Waals surface area contributed by atoms with Crippen LogP contribution >= 0.6 is 0 Å². The Balaban J connectivity index is 1.03. The summed E-state index contributed by atoms with van der Waals surface area (Å²) in [6.07, 6.45) is 0. The molecule has 0 saturated carbocycles. The lowest BCUT2D eigenvalue weighted by molar-refractivity contribution is 0.656. The summed E-state index contributed by atoms with van der Waals surface area (Å²) in [5, 5.41) is 9.31. The first kappa shape index (κ1) is 27.7. The molecule has 0 aliphatic carbocycles. The third-order valence-corrected chi connectivity index (χ3v) is 10.9. The van der Waals surface area contributed by atoms with E-state index in [-0.39, 0.29) is 0 Å². The van der Waals surface area contributed by atoms with Crippen molar-refractivity contribution in [3.63, 3.8) is 0 Å². The molecule has 0 radical (unpaired) electrons. The van der Waals surface area contributed by atoms with E-state index in [4.69, 9.17) is 8.83 Å². The van der Waals surface area contributed by atoms with Crippen molar-refractivity contribution in [1.82, 2.24) is 9.13 Å². The Morgan fingerprint density at radius 2 is 0.731 bits per heavy atom. The zero-order chi connectivity index (χ0) is 33.9. The van der Waals surface area contributed by atoms with Crippen molar-refractivity contribution in [3.05, 3.63) is 170 Å². The van der Waals surface area contributed by atoms with Crippen molar-refractivity contribution in [2.75, 3.05) is 0 Å². The fourth-order valence-corrected chi connectivity index (χ4v) is 8.56. The number of nitrogens with zero attached hydrogens (tertiary/aromatic N) is 2. The predicted octanol–water partition coefficient (Wildman–Crippen LogP) is 13.3. The van der Waals surface area contributed by atoms with Crippen LogP contribution in [0.1, 0.15) is 0 Å². The lowest BCUT2D eigenvalue weighted by Gasteiger charge is -2.08. The molecule has 0 saturated heterocycles. The van der Waals surface area contributed by atoms with Crippen LogP contribution in [0, 0.1) is 0 Å². The van der Waals surface area contributed by atoms with E-state index in [0.29, 0.717) is 0 Å². The third-order valence-electron chi connectivity index (χ3n) is 10.9. The van der Waals surface area contributed by atoms with Crippen LogP contribution in [-0.4, -0.2) is 9.13 Å². The van der Waals surface area contributed by atoms with E-state index in [1.54, 1.807) is 0 Å². The number of para-hydroxylation sites is 4. The van der Waals surface area contributed by atoms with Crippen molar-refractivity contribution in [2.45, 2.75) is 0 Å². The molecule has 4 heterocycles. The molecule has 12 aromatic rings. The van der Waals surface area contributed by atoms with Crippen LogP contribution in [0.15, 0.2) is 179 Å². The van der Waals surface area contributed by atoms with Crippen LogP contribution in [-0.2, 0) is 0 Å². The first-order chi connectivity index (χ1) is 25.8. The van der Waals surface area contributed by atoms with Crippen LogP contribution < -0.4 is 0 Å². The van der Waals surface area contributed by atoms with Gasteiger partial charge in [-0.2, -0.15) is 0 Å². The lowest BCUT2D eigenvalue weighted by atomic mass is 10.00. The summed E-state index contributed by atoms with van der Waals surface area (Å²) in [4.78, 5) is 0. The van der Waals surface area contributed by atoms with Crippen molar-refractivity contribution in [3.8, 4) is 22.5 Å². The third kappa shape index (κ3) is 3.81. The van der Waals surface area contributed by atoms with Crippen LogP contribution in [0.2, 0.25) is 0 Å². The van der Waals surface area contributed by atoms with Gasteiger partial charge in [-0.3, -0.25) is 0 Å². The Kier molecular flexibility index (Phi) is 5.47. The van der Waals surface area contributed by atoms with E-state index in [1.165, 1.54) is 49.2 Å². The number of fused-ring (bicyclic) bond motifs is 12. The van der Waals surface area contributed by atoms with Gasteiger partial charge >= 0.3 is 0 Å². The molecule has 242 valence electrons. The van der Waals surface area contributed by atoms with Gasteiger partial charge in [0.1, 0.15) is 22.3 Å². The number of hydrogen-bond donors (Lipinski definition) is 0. The Morgan fingerprint density at radius 3 is 1.38 bits per heavy atom. The molecule has 0 unspecified atom stereocenters. The molecule has 0 N–H and O–H groups in total. The number of hydrogen-bond acceptors (Lipinski definition) is 2. The minimum absolute atomic E-state index is 0.821. The van der Waals surface area contributed by atoms with Crippen LogP contribution in [0.4, 0.5) is 0 Å².